The van der Waals surface area contributed by atoms with E-state index in [0.717, 1.165) is 12.8 Å². The average Bonchev–Trinajstić information content (AvgIpc) is 2.21. The van der Waals surface area contributed by atoms with E-state index in [9.17, 15) is 8.78 Å². The minimum Gasteiger partial charge on any atom is -0.435 e. The van der Waals surface area contributed by atoms with E-state index in [1.54, 1.807) is 12.1 Å². The molecule has 0 radical (unpaired) electrons. The maximum atomic E-state index is 11.9. The second-order valence-electron chi connectivity index (χ2n) is 3.46. The smallest absolute Gasteiger partial charge is 0.387 e. The highest BCUT2D eigenvalue weighted by molar-refractivity contribution is 5.29. The molecule has 0 saturated heterocycles. The minimum absolute atomic E-state index is 0.222. The lowest BCUT2D eigenvalue weighted by atomic mass is 9.94. The van der Waals surface area contributed by atoms with Crippen molar-refractivity contribution in [3.63, 3.8) is 0 Å². The second-order valence-corrected chi connectivity index (χ2v) is 3.46. The van der Waals surface area contributed by atoms with E-state index in [1.165, 1.54) is 5.56 Å². The lowest BCUT2D eigenvalue weighted by molar-refractivity contribution is -0.0498. The molecule has 0 aliphatic rings. The maximum Gasteiger partial charge on any atom is 0.387 e. The van der Waals surface area contributed by atoms with Crippen molar-refractivity contribution in [2.24, 2.45) is 0 Å². The molecule has 0 aliphatic carbocycles. The van der Waals surface area contributed by atoms with Crippen molar-refractivity contribution in [2.45, 2.75) is 39.2 Å². The van der Waals surface area contributed by atoms with Gasteiger partial charge in [0.05, 0.1) is 0 Å². The summed E-state index contributed by atoms with van der Waals surface area (Å²) < 4.78 is 28.1. The zero-order valence-corrected chi connectivity index (χ0v) is 9.04. The van der Waals surface area contributed by atoms with E-state index < -0.39 is 6.61 Å². The standard InChI is InChI=1S/C12H16F2O/c1-3-9(4-2)10-5-7-11(8-6-10)15-12(13)14/h5-9,12H,3-4H2,1-2H3. The van der Waals surface area contributed by atoms with Crippen LogP contribution in [0.1, 0.15) is 38.2 Å². The van der Waals surface area contributed by atoms with Gasteiger partial charge < -0.3 is 4.74 Å². The second kappa shape index (κ2) is 5.69. The third kappa shape index (κ3) is 3.50. The fourth-order valence-corrected chi connectivity index (χ4v) is 1.68. The van der Waals surface area contributed by atoms with Crippen LogP contribution in [-0.2, 0) is 0 Å². The Labute approximate surface area is 89.1 Å². The molecule has 1 aromatic rings. The average molecular weight is 214 g/mol. The zero-order valence-electron chi connectivity index (χ0n) is 9.04. The number of hydrogen-bond acceptors (Lipinski definition) is 1. The van der Waals surface area contributed by atoms with Crippen LogP contribution in [0.5, 0.6) is 5.75 Å². The molecule has 0 aliphatic heterocycles. The van der Waals surface area contributed by atoms with Gasteiger partial charge in [-0.25, -0.2) is 0 Å². The van der Waals surface area contributed by atoms with Gasteiger partial charge in [0.25, 0.3) is 0 Å². The van der Waals surface area contributed by atoms with E-state index >= 15 is 0 Å². The molecule has 0 fully saturated rings. The lowest BCUT2D eigenvalue weighted by Gasteiger charge is -2.13. The predicted molar refractivity (Wildman–Crippen MR) is 56.4 cm³/mol. The van der Waals surface area contributed by atoms with Gasteiger partial charge in [0.2, 0.25) is 0 Å². The van der Waals surface area contributed by atoms with Crippen molar-refractivity contribution >= 4 is 0 Å². The summed E-state index contributed by atoms with van der Waals surface area (Å²) in [6, 6.07) is 6.91. The van der Waals surface area contributed by atoms with Gasteiger partial charge in [-0.05, 0) is 36.5 Å². The van der Waals surface area contributed by atoms with Gasteiger partial charge in [-0.15, -0.1) is 0 Å². The highest BCUT2D eigenvalue weighted by atomic mass is 19.3. The SMILES string of the molecule is CCC(CC)c1ccc(OC(F)F)cc1. The number of rotatable bonds is 5. The molecule has 0 aromatic heterocycles. The van der Waals surface area contributed by atoms with E-state index in [2.05, 4.69) is 18.6 Å². The zero-order chi connectivity index (χ0) is 11.3. The van der Waals surface area contributed by atoms with Crippen molar-refractivity contribution in [2.75, 3.05) is 0 Å². The van der Waals surface area contributed by atoms with Gasteiger partial charge >= 0.3 is 6.61 Å². The molecule has 0 N–H and O–H groups in total. The number of ether oxygens (including phenoxy) is 1. The van der Waals surface area contributed by atoms with E-state index in [4.69, 9.17) is 0 Å². The van der Waals surface area contributed by atoms with Crippen molar-refractivity contribution < 1.29 is 13.5 Å². The molecule has 1 rings (SSSR count). The van der Waals surface area contributed by atoms with E-state index in [0.29, 0.717) is 5.92 Å². The van der Waals surface area contributed by atoms with Crippen molar-refractivity contribution in [3.8, 4) is 5.75 Å². The number of benzene rings is 1. The fraction of sp³-hybridized carbons (Fsp3) is 0.500. The molecule has 0 saturated carbocycles. The molecule has 3 heteroatoms. The Balaban J connectivity index is 2.71. The van der Waals surface area contributed by atoms with Crippen molar-refractivity contribution in [3.05, 3.63) is 29.8 Å². The molecule has 1 nitrogen and oxygen atoms in total. The summed E-state index contributed by atoms with van der Waals surface area (Å²) in [6.45, 7) is 1.50. The van der Waals surface area contributed by atoms with Crippen LogP contribution in [0.15, 0.2) is 24.3 Å². The summed E-state index contributed by atoms with van der Waals surface area (Å²) in [5.41, 5.74) is 1.18. The van der Waals surface area contributed by atoms with Crippen LogP contribution in [0.25, 0.3) is 0 Å². The Morgan fingerprint density at radius 3 is 2.00 bits per heavy atom. The van der Waals surface area contributed by atoms with Crippen LogP contribution < -0.4 is 4.74 Å². The molecule has 0 bridgehead atoms. The molecule has 0 amide bonds. The summed E-state index contributed by atoms with van der Waals surface area (Å²) in [7, 11) is 0. The van der Waals surface area contributed by atoms with Gasteiger partial charge in [-0.2, -0.15) is 8.78 Å². The molecule has 0 heterocycles. The Bertz CT molecular complexity index is 278. The predicted octanol–water partition coefficient (Wildman–Crippen LogP) is 4.19. The monoisotopic (exact) mass is 214 g/mol. The van der Waals surface area contributed by atoms with Crippen LogP contribution in [0.4, 0.5) is 8.78 Å². The number of halogens is 2. The minimum atomic E-state index is -2.75. The first-order chi connectivity index (χ1) is 7.17. The topological polar surface area (TPSA) is 9.23 Å². The maximum absolute atomic E-state index is 11.9. The van der Waals surface area contributed by atoms with Crippen LogP contribution in [0, 0.1) is 0 Å². The normalized spacial score (nSPS) is 11.1. The fourth-order valence-electron chi connectivity index (χ4n) is 1.68. The van der Waals surface area contributed by atoms with Crippen LogP contribution in [0.2, 0.25) is 0 Å². The Morgan fingerprint density at radius 2 is 1.60 bits per heavy atom. The molecule has 0 atom stereocenters. The van der Waals surface area contributed by atoms with Crippen LogP contribution in [-0.4, -0.2) is 6.61 Å². The van der Waals surface area contributed by atoms with Crippen LogP contribution in [0.3, 0.4) is 0 Å². The van der Waals surface area contributed by atoms with Gasteiger partial charge in [0, 0.05) is 0 Å². The Hall–Kier alpha value is -1.12. The summed E-state index contributed by atoms with van der Waals surface area (Å²) in [5, 5.41) is 0. The van der Waals surface area contributed by atoms with Gasteiger partial charge in [0.15, 0.2) is 0 Å². The van der Waals surface area contributed by atoms with Crippen molar-refractivity contribution in [1.82, 2.24) is 0 Å². The van der Waals surface area contributed by atoms with Gasteiger partial charge in [-0.1, -0.05) is 26.0 Å². The largest absolute Gasteiger partial charge is 0.435 e. The molecule has 15 heavy (non-hydrogen) atoms. The first kappa shape index (κ1) is 12.0. The number of hydrogen-bond donors (Lipinski definition) is 0. The summed E-state index contributed by atoms with van der Waals surface area (Å²) >= 11 is 0. The first-order valence-electron chi connectivity index (χ1n) is 5.22. The number of alkyl halides is 2. The summed E-state index contributed by atoms with van der Waals surface area (Å²) in [6.07, 6.45) is 2.12. The lowest BCUT2D eigenvalue weighted by Crippen LogP contribution is -2.02. The van der Waals surface area contributed by atoms with Crippen molar-refractivity contribution in [1.29, 1.82) is 0 Å². The quantitative estimate of drug-likeness (QED) is 0.714. The molecule has 0 spiro atoms. The highest BCUT2D eigenvalue weighted by Gasteiger charge is 2.08. The molecular formula is C12H16F2O. The Morgan fingerprint density at radius 1 is 1.07 bits per heavy atom. The molecule has 1 aromatic carbocycles. The summed E-state index contributed by atoms with van der Waals surface area (Å²) in [4.78, 5) is 0. The van der Waals surface area contributed by atoms with Crippen LogP contribution >= 0.6 is 0 Å². The molecule has 84 valence electrons. The Kier molecular flexibility index (Phi) is 4.53. The molecule has 0 unspecified atom stereocenters. The first-order valence-corrected chi connectivity index (χ1v) is 5.22. The van der Waals surface area contributed by atoms with E-state index in [1.807, 2.05) is 12.1 Å². The van der Waals surface area contributed by atoms with E-state index in [-0.39, 0.29) is 5.75 Å². The molecular weight excluding hydrogens is 198 g/mol. The third-order valence-corrected chi connectivity index (χ3v) is 2.56. The summed E-state index contributed by atoms with van der Waals surface area (Å²) in [5.74, 6) is 0.727. The highest BCUT2D eigenvalue weighted by Crippen LogP contribution is 2.25. The van der Waals surface area contributed by atoms with Gasteiger partial charge in [-0.3, -0.25) is 0 Å². The third-order valence-electron chi connectivity index (χ3n) is 2.56. The van der Waals surface area contributed by atoms with Gasteiger partial charge in [0.1, 0.15) is 5.75 Å².